The van der Waals surface area contributed by atoms with Crippen LogP contribution in [0.4, 0.5) is 0 Å². The van der Waals surface area contributed by atoms with Crippen LogP contribution < -0.4 is 5.32 Å². The summed E-state index contributed by atoms with van der Waals surface area (Å²) in [5.74, 6) is -0.129. The Morgan fingerprint density at radius 3 is 2.45 bits per heavy atom. The van der Waals surface area contributed by atoms with E-state index < -0.39 is 5.54 Å². The summed E-state index contributed by atoms with van der Waals surface area (Å²) in [6.45, 7) is 4.23. The Bertz CT molecular complexity index is 337. The average molecular weight is 282 g/mol. The average Bonchev–Trinajstić information content (AvgIpc) is 3.06. The Balaban J connectivity index is 1.96. The zero-order valence-corrected chi connectivity index (χ0v) is 13.4. The molecule has 0 amide bonds. The highest BCUT2D eigenvalue weighted by atomic mass is 16.5. The Morgan fingerprint density at radius 2 is 1.95 bits per heavy atom. The maximum atomic E-state index is 12.2. The smallest absolute Gasteiger partial charge is 0.325 e. The van der Waals surface area contributed by atoms with Gasteiger partial charge in [-0.05, 0) is 53.0 Å². The lowest BCUT2D eigenvalue weighted by Crippen LogP contribution is -2.55. The first kappa shape index (κ1) is 15.8. The quantitative estimate of drug-likeness (QED) is 0.728. The molecule has 2 rings (SSSR count). The number of carbonyl (C=O) groups excluding carboxylic acids is 1. The fourth-order valence-electron chi connectivity index (χ4n) is 3.51. The molecule has 0 bridgehead atoms. The van der Waals surface area contributed by atoms with Gasteiger partial charge in [-0.1, -0.05) is 12.8 Å². The first-order valence-electron chi connectivity index (χ1n) is 8.04. The van der Waals surface area contributed by atoms with Crippen molar-refractivity contribution >= 4 is 5.97 Å². The van der Waals surface area contributed by atoms with Gasteiger partial charge in [-0.2, -0.15) is 0 Å². The number of esters is 1. The molecule has 4 heteroatoms. The minimum atomic E-state index is -0.553. The van der Waals surface area contributed by atoms with Crippen LogP contribution in [0.25, 0.3) is 0 Å². The molecule has 0 spiro atoms. The Hall–Kier alpha value is -0.610. The second-order valence-electron chi connectivity index (χ2n) is 6.90. The van der Waals surface area contributed by atoms with Crippen LogP contribution in [-0.2, 0) is 9.53 Å². The molecule has 1 N–H and O–H groups in total. The van der Waals surface area contributed by atoms with Crippen molar-refractivity contribution in [3.05, 3.63) is 0 Å². The fourth-order valence-corrected chi connectivity index (χ4v) is 3.51. The third kappa shape index (κ3) is 3.73. The molecular formula is C16H30N2O2. The molecule has 2 atom stereocenters. The van der Waals surface area contributed by atoms with Crippen molar-refractivity contribution < 1.29 is 9.53 Å². The number of ether oxygens (including phenoxy) is 1. The molecule has 2 aliphatic carbocycles. The number of methoxy groups -OCH3 is 1. The number of rotatable bonds is 7. The number of hydrogen-bond acceptors (Lipinski definition) is 4. The van der Waals surface area contributed by atoms with E-state index in [0.717, 1.165) is 6.42 Å². The van der Waals surface area contributed by atoms with E-state index in [1.165, 1.54) is 45.6 Å². The van der Waals surface area contributed by atoms with E-state index in [0.29, 0.717) is 18.1 Å². The molecule has 4 nitrogen and oxygen atoms in total. The molecule has 0 aromatic rings. The number of carbonyl (C=O) groups is 1. The van der Waals surface area contributed by atoms with Gasteiger partial charge in [0.05, 0.1) is 7.11 Å². The van der Waals surface area contributed by atoms with E-state index in [1.807, 2.05) is 6.92 Å². The molecule has 0 aromatic carbocycles. The van der Waals surface area contributed by atoms with Crippen LogP contribution >= 0.6 is 0 Å². The second kappa shape index (κ2) is 6.44. The molecule has 2 fully saturated rings. The molecule has 0 heterocycles. The van der Waals surface area contributed by atoms with Crippen molar-refractivity contribution in [2.24, 2.45) is 0 Å². The van der Waals surface area contributed by atoms with Gasteiger partial charge >= 0.3 is 5.97 Å². The van der Waals surface area contributed by atoms with Gasteiger partial charge in [-0.3, -0.25) is 10.1 Å². The SMILES string of the molecule is COC(=O)C(C)(CC(C)N(C)C1CCCC1)NC1CC1. The van der Waals surface area contributed by atoms with Crippen LogP contribution in [0.5, 0.6) is 0 Å². The normalized spacial score (nSPS) is 24.6. The Labute approximate surface area is 123 Å². The van der Waals surface area contributed by atoms with Gasteiger partial charge in [0.2, 0.25) is 0 Å². The van der Waals surface area contributed by atoms with Crippen LogP contribution in [0.15, 0.2) is 0 Å². The molecule has 2 saturated carbocycles. The summed E-state index contributed by atoms with van der Waals surface area (Å²) in [6, 6.07) is 1.57. The molecule has 0 saturated heterocycles. The third-order valence-corrected chi connectivity index (χ3v) is 5.04. The molecule has 116 valence electrons. The third-order valence-electron chi connectivity index (χ3n) is 5.04. The molecule has 2 aliphatic rings. The monoisotopic (exact) mass is 282 g/mol. The van der Waals surface area contributed by atoms with Crippen molar-refractivity contribution in [3.63, 3.8) is 0 Å². The van der Waals surface area contributed by atoms with Gasteiger partial charge in [-0.25, -0.2) is 0 Å². The van der Waals surface area contributed by atoms with Crippen molar-refractivity contribution in [1.82, 2.24) is 10.2 Å². The van der Waals surface area contributed by atoms with Gasteiger partial charge in [0.25, 0.3) is 0 Å². The molecule has 0 radical (unpaired) electrons. The predicted octanol–water partition coefficient (Wildman–Crippen LogP) is 2.32. The van der Waals surface area contributed by atoms with Crippen molar-refractivity contribution in [2.75, 3.05) is 14.2 Å². The Kier molecular flexibility index (Phi) is 5.08. The molecular weight excluding hydrogens is 252 g/mol. The van der Waals surface area contributed by atoms with Gasteiger partial charge in [0.15, 0.2) is 0 Å². The van der Waals surface area contributed by atoms with E-state index >= 15 is 0 Å². The summed E-state index contributed by atoms with van der Waals surface area (Å²) in [5.41, 5.74) is -0.553. The lowest BCUT2D eigenvalue weighted by atomic mass is 9.92. The number of nitrogens with zero attached hydrogens (tertiary/aromatic N) is 1. The summed E-state index contributed by atoms with van der Waals surface area (Å²) < 4.78 is 5.03. The van der Waals surface area contributed by atoms with E-state index in [-0.39, 0.29) is 5.97 Å². The van der Waals surface area contributed by atoms with Crippen molar-refractivity contribution in [3.8, 4) is 0 Å². The van der Waals surface area contributed by atoms with Gasteiger partial charge in [0.1, 0.15) is 5.54 Å². The fraction of sp³-hybridized carbons (Fsp3) is 0.938. The molecule has 0 aliphatic heterocycles. The minimum Gasteiger partial charge on any atom is -0.468 e. The van der Waals surface area contributed by atoms with E-state index in [9.17, 15) is 4.79 Å². The van der Waals surface area contributed by atoms with Gasteiger partial charge in [-0.15, -0.1) is 0 Å². The summed E-state index contributed by atoms with van der Waals surface area (Å²) in [6.07, 6.45) is 8.45. The predicted molar refractivity (Wildman–Crippen MR) is 80.7 cm³/mol. The van der Waals surface area contributed by atoms with E-state index in [4.69, 9.17) is 4.74 Å². The summed E-state index contributed by atoms with van der Waals surface area (Å²) in [7, 11) is 3.69. The first-order chi connectivity index (χ1) is 9.46. The standard InChI is InChI=1S/C16H30N2O2/c1-12(18(3)14-7-5-6-8-14)11-16(2,15(19)20-4)17-13-9-10-13/h12-14,17H,5-11H2,1-4H3. The summed E-state index contributed by atoms with van der Waals surface area (Å²) in [5, 5.41) is 3.49. The second-order valence-corrected chi connectivity index (χ2v) is 6.90. The van der Waals surface area contributed by atoms with Crippen LogP contribution in [0, 0.1) is 0 Å². The number of nitrogens with one attached hydrogen (secondary N) is 1. The zero-order chi connectivity index (χ0) is 14.8. The molecule has 2 unspecified atom stereocenters. The van der Waals surface area contributed by atoms with Crippen LogP contribution in [-0.4, -0.2) is 48.7 Å². The first-order valence-corrected chi connectivity index (χ1v) is 8.04. The lowest BCUT2D eigenvalue weighted by molar-refractivity contribution is -0.149. The highest BCUT2D eigenvalue weighted by Crippen LogP contribution is 2.29. The van der Waals surface area contributed by atoms with Crippen molar-refractivity contribution in [1.29, 1.82) is 0 Å². The Morgan fingerprint density at radius 1 is 1.35 bits per heavy atom. The summed E-state index contributed by atoms with van der Waals surface area (Å²) >= 11 is 0. The largest absolute Gasteiger partial charge is 0.468 e. The minimum absolute atomic E-state index is 0.129. The lowest BCUT2D eigenvalue weighted by Gasteiger charge is -2.37. The van der Waals surface area contributed by atoms with Gasteiger partial charge < -0.3 is 9.64 Å². The molecule has 20 heavy (non-hydrogen) atoms. The van der Waals surface area contributed by atoms with E-state index in [1.54, 1.807) is 0 Å². The van der Waals surface area contributed by atoms with Crippen LogP contribution in [0.2, 0.25) is 0 Å². The highest BCUT2D eigenvalue weighted by Gasteiger charge is 2.41. The van der Waals surface area contributed by atoms with E-state index in [2.05, 4.69) is 24.2 Å². The zero-order valence-electron chi connectivity index (χ0n) is 13.4. The van der Waals surface area contributed by atoms with Gasteiger partial charge in [0, 0.05) is 18.1 Å². The highest BCUT2D eigenvalue weighted by molar-refractivity contribution is 5.80. The number of hydrogen-bond donors (Lipinski definition) is 1. The van der Waals surface area contributed by atoms with Crippen LogP contribution in [0.1, 0.15) is 58.8 Å². The summed E-state index contributed by atoms with van der Waals surface area (Å²) in [4.78, 5) is 14.6. The maximum Gasteiger partial charge on any atom is 0.325 e. The topological polar surface area (TPSA) is 41.6 Å². The molecule has 0 aromatic heterocycles. The maximum absolute atomic E-state index is 12.2. The van der Waals surface area contributed by atoms with Crippen molar-refractivity contribution in [2.45, 2.75) is 82.5 Å². The van der Waals surface area contributed by atoms with Crippen LogP contribution in [0.3, 0.4) is 0 Å².